The van der Waals surface area contributed by atoms with Crippen molar-refractivity contribution in [2.75, 3.05) is 13.2 Å². The van der Waals surface area contributed by atoms with Crippen LogP contribution in [0.15, 0.2) is 18.2 Å². The van der Waals surface area contributed by atoms with Gasteiger partial charge in [0.25, 0.3) is 0 Å². The van der Waals surface area contributed by atoms with Crippen LogP contribution in [0.3, 0.4) is 0 Å². The number of nitrogens with zero attached hydrogens (tertiary/aromatic N) is 1. The van der Waals surface area contributed by atoms with E-state index in [4.69, 9.17) is 11.6 Å². The summed E-state index contributed by atoms with van der Waals surface area (Å²) in [4.78, 5) is 2.14. The second-order valence-electron chi connectivity index (χ2n) is 4.54. The van der Waals surface area contributed by atoms with Crippen LogP contribution in [-0.4, -0.2) is 29.2 Å². The van der Waals surface area contributed by atoms with Gasteiger partial charge in [0, 0.05) is 23.2 Å². The molecule has 1 atom stereocenters. The van der Waals surface area contributed by atoms with Crippen molar-refractivity contribution in [1.82, 2.24) is 4.90 Å². The smallest absolute Gasteiger partial charge is 0.127 e. The van der Waals surface area contributed by atoms with E-state index in [1.165, 1.54) is 6.07 Å². The summed E-state index contributed by atoms with van der Waals surface area (Å²) in [5.74, 6) is -0.225. The minimum absolute atomic E-state index is 0.141. The molecule has 94 valence electrons. The van der Waals surface area contributed by atoms with Gasteiger partial charge in [0.1, 0.15) is 5.82 Å². The Morgan fingerprint density at radius 3 is 3.00 bits per heavy atom. The molecule has 4 heteroatoms. The van der Waals surface area contributed by atoms with Crippen molar-refractivity contribution >= 4 is 11.6 Å². The van der Waals surface area contributed by atoms with Crippen LogP contribution in [0.2, 0.25) is 5.02 Å². The number of rotatable bonds is 3. The third-order valence-corrected chi connectivity index (χ3v) is 3.58. The van der Waals surface area contributed by atoms with Gasteiger partial charge in [0.15, 0.2) is 0 Å². The van der Waals surface area contributed by atoms with Gasteiger partial charge in [-0.25, -0.2) is 4.39 Å². The van der Waals surface area contributed by atoms with Crippen molar-refractivity contribution in [2.24, 2.45) is 0 Å². The summed E-state index contributed by atoms with van der Waals surface area (Å²) >= 11 is 5.87. The average Bonchev–Trinajstić information content (AvgIpc) is 2.34. The Morgan fingerprint density at radius 1 is 1.41 bits per heavy atom. The zero-order valence-electron chi connectivity index (χ0n) is 9.70. The number of halogens is 2. The molecule has 1 aromatic rings. The maximum absolute atomic E-state index is 13.6. The molecule has 1 fully saturated rings. The van der Waals surface area contributed by atoms with E-state index in [9.17, 15) is 9.50 Å². The first-order chi connectivity index (χ1) is 8.20. The second kappa shape index (κ2) is 5.80. The molecule has 17 heavy (non-hydrogen) atoms. The van der Waals surface area contributed by atoms with Crippen molar-refractivity contribution in [3.8, 4) is 0 Å². The van der Waals surface area contributed by atoms with Crippen LogP contribution in [0.5, 0.6) is 0 Å². The van der Waals surface area contributed by atoms with Gasteiger partial charge in [-0.1, -0.05) is 18.0 Å². The molecule has 1 saturated heterocycles. The zero-order chi connectivity index (χ0) is 12.3. The van der Waals surface area contributed by atoms with Gasteiger partial charge in [-0.05, 0) is 37.6 Å². The van der Waals surface area contributed by atoms with Gasteiger partial charge in [-0.15, -0.1) is 0 Å². The lowest BCUT2D eigenvalue weighted by molar-refractivity contribution is 0.0832. The van der Waals surface area contributed by atoms with E-state index < -0.39 is 0 Å². The number of hydrogen-bond donors (Lipinski definition) is 1. The largest absolute Gasteiger partial charge is 0.395 e. The standard InChI is InChI=1S/C13H17ClFNO/c14-11-4-5-13(15)10(7-11)8-16-6-2-1-3-12(16)9-17/h4-5,7,12,17H,1-3,6,8-9H2. The van der Waals surface area contributed by atoms with E-state index in [1.54, 1.807) is 12.1 Å². The number of benzene rings is 1. The van der Waals surface area contributed by atoms with Gasteiger partial charge in [-0.2, -0.15) is 0 Å². The molecule has 1 aromatic carbocycles. The molecule has 1 aliphatic heterocycles. The topological polar surface area (TPSA) is 23.5 Å². The van der Waals surface area contributed by atoms with Crippen LogP contribution in [0.4, 0.5) is 4.39 Å². The number of aliphatic hydroxyl groups excluding tert-OH is 1. The molecule has 1 aliphatic rings. The summed E-state index contributed by atoms with van der Waals surface area (Å²) in [6, 6.07) is 4.78. The SMILES string of the molecule is OCC1CCCCN1Cc1cc(Cl)ccc1F. The van der Waals surface area contributed by atoms with E-state index >= 15 is 0 Å². The first-order valence-electron chi connectivity index (χ1n) is 5.99. The predicted molar refractivity (Wildman–Crippen MR) is 66.5 cm³/mol. The van der Waals surface area contributed by atoms with Gasteiger partial charge >= 0.3 is 0 Å². The molecule has 0 radical (unpaired) electrons. The summed E-state index contributed by atoms with van der Waals surface area (Å²) < 4.78 is 13.6. The highest BCUT2D eigenvalue weighted by atomic mass is 35.5. The molecule has 1 heterocycles. The normalized spacial score (nSPS) is 21.7. The van der Waals surface area contributed by atoms with Gasteiger partial charge in [0.2, 0.25) is 0 Å². The van der Waals surface area contributed by atoms with Gasteiger partial charge in [-0.3, -0.25) is 4.90 Å². The molecular weight excluding hydrogens is 241 g/mol. The Balaban J connectivity index is 2.10. The minimum Gasteiger partial charge on any atom is -0.395 e. The molecule has 0 bridgehead atoms. The molecule has 1 unspecified atom stereocenters. The Hall–Kier alpha value is -0.640. The van der Waals surface area contributed by atoms with Crippen LogP contribution < -0.4 is 0 Å². The summed E-state index contributed by atoms with van der Waals surface area (Å²) in [7, 11) is 0. The molecule has 0 aliphatic carbocycles. The number of aliphatic hydroxyl groups is 1. The number of hydrogen-bond acceptors (Lipinski definition) is 2. The molecule has 1 N–H and O–H groups in total. The molecule has 0 amide bonds. The second-order valence-corrected chi connectivity index (χ2v) is 4.97. The lowest BCUT2D eigenvalue weighted by atomic mass is 10.0. The van der Waals surface area contributed by atoms with E-state index in [0.717, 1.165) is 25.8 Å². The molecule has 0 saturated carbocycles. The highest BCUT2D eigenvalue weighted by Gasteiger charge is 2.22. The first-order valence-corrected chi connectivity index (χ1v) is 6.37. The molecule has 0 spiro atoms. The van der Waals surface area contributed by atoms with Crippen molar-refractivity contribution in [2.45, 2.75) is 31.8 Å². The Labute approximate surface area is 106 Å². The fraction of sp³-hybridized carbons (Fsp3) is 0.538. The third-order valence-electron chi connectivity index (χ3n) is 3.34. The van der Waals surface area contributed by atoms with E-state index in [0.29, 0.717) is 17.1 Å². The molecule has 2 rings (SSSR count). The maximum Gasteiger partial charge on any atom is 0.127 e. The number of piperidine rings is 1. The van der Waals surface area contributed by atoms with Crippen molar-refractivity contribution in [3.63, 3.8) is 0 Å². The fourth-order valence-corrected chi connectivity index (χ4v) is 2.55. The Bertz CT molecular complexity index is 386. The highest BCUT2D eigenvalue weighted by Crippen LogP contribution is 2.22. The van der Waals surface area contributed by atoms with Crippen LogP contribution in [0, 0.1) is 5.82 Å². The molecule has 2 nitrogen and oxygen atoms in total. The predicted octanol–water partition coefficient (Wildman–Crippen LogP) is 2.83. The minimum atomic E-state index is -0.225. The van der Waals surface area contributed by atoms with Crippen molar-refractivity contribution < 1.29 is 9.50 Å². The lowest BCUT2D eigenvalue weighted by Crippen LogP contribution is -2.41. The quantitative estimate of drug-likeness (QED) is 0.900. The Morgan fingerprint density at radius 2 is 2.24 bits per heavy atom. The van der Waals surface area contributed by atoms with Crippen LogP contribution in [0.1, 0.15) is 24.8 Å². The summed E-state index contributed by atoms with van der Waals surface area (Å²) in [6.45, 7) is 1.58. The maximum atomic E-state index is 13.6. The first kappa shape index (κ1) is 12.8. The summed E-state index contributed by atoms with van der Waals surface area (Å²) in [6.07, 6.45) is 3.23. The Kier molecular flexibility index (Phi) is 4.37. The van der Waals surface area contributed by atoms with Crippen LogP contribution in [-0.2, 0) is 6.54 Å². The highest BCUT2D eigenvalue weighted by molar-refractivity contribution is 6.30. The fourth-order valence-electron chi connectivity index (χ4n) is 2.36. The zero-order valence-corrected chi connectivity index (χ0v) is 10.5. The van der Waals surface area contributed by atoms with Crippen molar-refractivity contribution in [1.29, 1.82) is 0 Å². The monoisotopic (exact) mass is 257 g/mol. The third kappa shape index (κ3) is 3.18. The lowest BCUT2D eigenvalue weighted by Gasteiger charge is -2.34. The molecular formula is C13H17ClFNO. The molecule has 0 aromatic heterocycles. The summed E-state index contributed by atoms with van der Waals surface area (Å²) in [5, 5.41) is 9.86. The van der Waals surface area contributed by atoms with E-state index in [1.807, 2.05) is 0 Å². The summed E-state index contributed by atoms with van der Waals surface area (Å²) in [5.41, 5.74) is 0.609. The van der Waals surface area contributed by atoms with Crippen molar-refractivity contribution in [3.05, 3.63) is 34.6 Å². The van der Waals surface area contributed by atoms with Crippen LogP contribution >= 0.6 is 11.6 Å². The average molecular weight is 258 g/mol. The van der Waals surface area contributed by atoms with Crippen LogP contribution in [0.25, 0.3) is 0 Å². The van der Waals surface area contributed by atoms with E-state index in [2.05, 4.69) is 4.90 Å². The number of likely N-dealkylation sites (tertiary alicyclic amines) is 1. The van der Waals surface area contributed by atoms with Gasteiger partial charge in [0.05, 0.1) is 6.61 Å². The van der Waals surface area contributed by atoms with Gasteiger partial charge < -0.3 is 5.11 Å². The van der Waals surface area contributed by atoms with E-state index in [-0.39, 0.29) is 18.5 Å².